The number of benzene rings is 2. The third-order valence-corrected chi connectivity index (χ3v) is 5.29. The normalized spacial score (nSPS) is 17.5. The van der Waals surface area contributed by atoms with Crippen molar-refractivity contribution in [1.82, 2.24) is 0 Å². The van der Waals surface area contributed by atoms with Crippen LogP contribution in [0, 0.1) is 0 Å². The van der Waals surface area contributed by atoms with Gasteiger partial charge in [-0.15, -0.1) is 0 Å². The first-order valence-electron chi connectivity index (χ1n) is 7.99. The van der Waals surface area contributed by atoms with Gasteiger partial charge in [0, 0.05) is 18.1 Å². The largest absolute Gasteiger partial charge is 0.486 e. The standard InChI is InChI=1S/C18H18O6S/c1-18(2)11-12-4-3-5-15(17(12)23-18)24-25(19,20)13-6-7-14-16(10-13)22-9-8-21-14/h3-7,10H,8-9,11H2,1-2H3. The fraction of sp³-hybridized carbons (Fsp3) is 0.333. The summed E-state index contributed by atoms with van der Waals surface area (Å²) in [5.41, 5.74) is 0.544. The maximum Gasteiger partial charge on any atom is 0.339 e. The van der Waals surface area contributed by atoms with Gasteiger partial charge < -0.3 is 18.4 Å². The van der Waals surface area contributed by atoms with Crippen LogP contribution in [0.4, 0.5) is 0 Å². The SMILES string of the molecule is CC1(C)Cc2cccc(OS(=O)(=O)c3ccc4c(c3)OCCO4)c2O1. The summed E-state index contributed by atoms with van der Waals surface area (Å²) in [6, 6.07) is 9.69. The third-order valence-electron chi connectivity index (χ3n) is 4.06. The minimum Gasteiger partial charge on any atom is -0.486 e. The van der Waals surface area contributed by atoms with E-state index in [2.05, 4.69) is 0 Å². The molecule has 0 bridgehead atoms. The van der Waals surface area contributed by atoms with Crippen molar-refractivity contribution in [1.29, 1.82) is 0 Å². The van der Waals surface area contributed by atoms with Gasteiger partial charge in [-0.25, -0.2) is 0 Å². The Bertz CT molecular complexity index is 933. The molecule has 2 aromatic rings. The summed E-state index contributed by atoms with van der Waals surface area (Å²) in [7, 11) is -4.02. The van der Waals surface area contributed by atoms with E-state index < -0.39 is 10.1 Å². The van der Waals surface area contributed by atoms with E-state index in [1.165, 1.54) is 12.1 Å². The van der Waals surface area contributed by atoms with Crippen LogP contribution in [-0.2, 0) is 16.5 Å². The van der Waals surface area contributed by atoms with Crippen LogP contribution < -0.4 is 18.4 Å². The maximum absolute atomic E-state index is 12.7. The van der Waals surface area contributed by atoms with Gasteiger partial charge in [-0.05, 0) is 32.0 Å². The minimum atomic E-state index is -4.02. The summed E-state index contributed by atoms with van der Waals surface area (Å²) in [5, 5.41) is 0. The zero-order chi connectivity index (χ0) is 17.7. The van der Waals surface area contributed by atoms with Crippen LogP contribution in [-0.4, -0.2) is 27.2 Å². The molecule has 0 saturated heterocycles. The molecule has 0 fully saturated rings. The van der Waals surface area contributed by atoms with Crippen LogP contribution in [0.2, 0.25) is 0 Å². The highest BCUT2D eigenvalue weighted by atomic mass is 32.2. The molecule has 0 unspecified atom stereocenters. The number of para-hydroxylation sites is 1. The van der Waals surface area contributed by atoms with Crippen molar-refractivity contribution in [2.75, 3.05) is 13.2 Å². The summed E-state index contributed by atoms with van der Waals surface area (Å²) in [5.74, 6) is 1.59. The van der Waals surface area contributed by atoms with Crippen molar-refractivity contribution in [3.05, 3.63) is 42.0 Å². The zero-order valence-electron chi connectivity index (χ0n) is 13.9. The predicted octanol–water partition coefficient (Wildman–Crippen LogP) is 2.94. The molecule has 0 N–H and O–H groups in total. The Labute approximate surface area is 146 Å². The van der Waals surface area contributed by atoms with E-state index in [-0.39, 0.29) is 16.2 Å². The lowest BCUT2D eigenvalue weighted by Gasteiger charge is -2.19. The van der Waals surface area contributed by atoms with Crippen LogP contribution in [0.3, 0.4) is 0 Å². The molecule has 2 heterocycles. The van der Waals surface area contributed by atoms with Gasteiger partial charge in [-0.1, -0.05) is 12.1 Å². The predicted molar refractivity (Wildman–Crippen MR) is 90.1 cm³/mol. The molecule has 2 aliphatic heterocycles. The second-order valence-electron chi connectivity index (χ2n) is 6.63. The summed E-state index contributed by atoms with van der Waals surface area (Å²) in [6.07, 6.45) is 0.698. The first-order valence-corrected chi connectivity index (χ1v) is 9.40. The van der Waals surface area contributed by atoms with E-state index in [0.29, 0.717) is 36.9 Å². The Morgan fingerprint density at radius 1 is 1.04 bits per heavy atom. The van der Waals surface area contributed by atoms with Crippen molar-refractivity contribution >= 4 is 10.1 Å². The first-order chi connectivity index (χ1) is 11.8. The fourth-order valence-corrected chi connectivity index (χ4v) is 3.95. The average Bonchev–Trinajstić information content (AvgIpc) is 2.89. The maximum atomic E-state index is 12.7. The Morgan fingerprint density at radius 2 is 1.80 bits per heavy atom. The fourth-order valence-electron chi connectivity index (χ4n) is 3.00. The summed E-state index contributed by atoms with van der Waals surface area (Å²) in [6.45, 7) is 4.73. The Hall–Kier alpha value is -2.41. The molecule has 2 aliphatic rings. The molecule has 0 aromatic heterocycles. The van der Waals surface area contributed by atoms with E-state index in [1.54, 1.807) is 18.2 Å². The van der Waals surface area contributed by atoms with Gasteiger partial charge >= 0.3 is 10.1 Å². The molecular formula is C18H18O6S. The first kappa shape index (κ1) is 16.1. The monoisotopic (exact) mass is 362 g/mol. The molecular weight excluding hydrogens is 344 g/mol. The summed E-state index contributed by atoms with van der Waals surface area (Å²) in [4.78, 5) is 0.00612. The van der Waals surface area contributed by atoms with Crippen LogP contribution in [0.25, 0.3) is 0 Å². The van der Waals surface area contributed by atoms with Crippen LogP contribution in [0.5, 0.6) is 23.0 Å². The molecule has 0 aliphatic carbocycles. The lowest BCUT2D eigenvalue weighted by atomic mass is 10.0. The van der Waals surface area contributed by atoms with Crippen LogP contribution in [0.15, 0.2) is 41.3 Å². The Kier molecular flexibility index (Phi) is 3.57. The van der Waals surface area contributed by atoms with Gasteiger partial charge in [0.25, 0.3) is 0 Å². The number of hydrogen-bond acceptors (Lipinski definition) is 6. The molecule has 2 aromatic carbocycles. The van der Waals surface area contributed by atoms with Crippen molar-refractivity contribution in [2.45, 2.75) is 30.8 Å². The van der Waals surface area contributed by atoms with Gasteiger partial charge in [0.05, 0.1) is 0 Å². The van der Waals surface area contributed by atoms with Crippen LogP contribution in [0.1, 0.15) is 19.4 Å². The van der Waals surface area contributed by atoms with Crippen molar-refractivity contribution in [3.8, 4) is 23.0 Å². The lowest BCUT2D eigenvalue weighted by molar-refractivity contribution is 0.136. The van der Waals surface area contributed by atoms with Gasteiger partial charge in [0.1, 0.15) is 23.7 Å². The van der Waals surface area contributed by atoms with E-state index in [9.17, 15) is 8.42 Å². The highest BCUT2D eigenvalue weighted by Gasteiger charge is 2.33. The van der Waals surface area contributed by atoms with Crippen molar-refractivity contribution in [2.24, 2.45) is 0 Å². The molecule has 0 spiro atoms. The second-order valence-corrected chi connectivity index (χ2v) is 8.17. The van der Waals surface area contributed by atoms with Crippen LogP contribution >= 0.6 is 0 Å². The number of rotatable bonds is 3. The quantitative estimate of drug-likeness (QED) is 0.782. The molecule has 0 saturated carbocycles. The van der Waals surface area contributed by atoms with E-state index in [0.717, 1.165) is 5.56 Å². The topological polar surface area (TPSA) is 71.1 Å². The lowest BCUT2D eigenvalue weighted by Crippen LogP contribution is -2.24. The van der Waals surface area contributed by atoms with E-state index in [1.807, 2.05) is 19.9 Å². The molecule has 4 rings (SSSR count). The highest BCUT2D eigenvalue weighted by molar-refractivity contribution is 7.87. The van der Waals surface area contributed by atoms with Gasteiger partial charge in [-0.2, -0.15) is 8.42 Å². The number of ether oxygens (including phenoxy) is 3. The van der Waals surface area contributed by atoms with E-state index in [4.69, 9.17) is 18.4 Å². The van der Waals surface area contributed by atoms with Crippen molar-refractivity contribution in [3.63, 3.8) is 0 Å². The second kappa shape index (κ2) is 5.56. The van der Waals surface area contributed by atoms with Gasteiger partial charge in [0.15, 0.2) is 23.0 Å². The molecule has 6 nitrogen and oxygen atoms in total. The summed E-state index contributed by atoms with van der Waals surface area (Å²) < 4.78 is 47.4. The van der Waals surface area contributed by atoms with Gasteiger partial charge in [0.2, 0.25) is 0 Å². The van der Waals surface area contributed by atoms with Gasteiger partial charge in [-0.3, -0.25) is 0 Å². The molecule has 0 atom stereocenters. The zero-order valence-corrected chi connectivity index (χ0v) is 14.8. The Morgan fingerprint density at radius 3 is 2.60 bits per heavy atom. The average molecular weight is 362 g/mol. The minimum absolute atomic E-state index is 0.00612. The molecule has 132 valence electrons. The summed E-state index contributed by atoms with van der Waals surface area (Å²) >= 11 is 0. The molecule has 0 radical (unpaired) electrons. The third kappa shape index (κ3) is 3.00. The molecule has 0 amide bonds. The highest BCUT2D eigenvalue weighted by Crippen LogP contribution is 2.43. The van der Waals surface area contributed by atoms with Crippen molar-refractivity contribution < 1.29 is 26.8 Å². The molecule has 7 heteroatoms. The number of hydrogen-bond donors (Lipinski definition) is 0. The van der Waals surface area contributed by atoms with E-state index >= 15 is 0 Å². The molecule has 25 heavy (non-hydrogen) atoms. The smallest absolute Gasteiger partial charge is 0.339 e. The Balaban J connectivity index is 1.66. The number of fused-ring (bicyclic) bond motifs is 2.